The van der Waals surface area contributed by atoms with Gasteiger partial charge in [-0.25, -0.2) is 0 Å². The van der Waals surface area contributed by atoms with Gasteiger partial charge in [0.1, 0.15) is 0 Å². The van der Waals surface area contributed by atoms with Crippen molar-refractivity contribution in [1.82, 2.24) is 19.9 Å². The first-order valence-corrected chi connectivity index (χ1v) is 10.2. The van der Waals surface area contributed by atoms with E-state index in [4.69, 9.17) is 10.00 Å². The molecular weight excluding hydrogens is 367 g/mol. The summed E-state index contributed by atoms with van der Waals surface area (Å²) in [5, 5.41) is 13.1. The third kappa shape index (κ3) is 4.98. The van der Waals surface area contributed by atoms with E-state index in [0.29, 0.717) is 17.3 Å². The number of hydrogen-bond donors (Lipinski definition) is 1. The number of nitriles is 1. The van der Waals surface area contributed by atoms with Crippen molar-refractivity contribution >= 4 is 31.9 Å². The average Bonchev–Trinajstić information content (AvgIpc) is 2.64. The Hall–Kier alpha value is -2.03. The monoisotopic (exact) mass is 385 g/mol. The second-order valence-electron chi connectivity index (χ2n) is 5.51. The van der Waals surface area contributed by atoms with E-state index in [-0.39, 0.29) is 15.8 Å². The fraction of sp³-hybridized carbons (Fsp3) is 0.438. The maximum atomic E-state index is 8.73. The molecule has 0 aliphatic carbocycles. The predicted molar refractivity (Wildman–Crippen MR) is 90.4 cm³/mol. The number of hydrogen-bond acceptors (Lipinski definition) is 7. The Morgan fingerprint density at radius 2 is 2.04 bits per heavy atom. The van der Waals surface area contributed by atoms with E-state index in [1.165, 1.54) is 36.9 Å². The van der Waals surface area contributed by atoms with Gasteiger partial charge in [0.05, 0.1) is 0 Å². The molecular formula is C16H18AsN6O. The second kappa shape index (κ2) is 8.72. The van der Waals surface area contributed by atoms with E-state index in [0.717, 1.165) is 23.6 Å². The maximum absolute atomic E-state index is 8.73. The minimum atomic E-state index is 0.0429. The van der Waals surface area contributed by atoms with E-state index >= 15 is 0 Å². The normalized spacial score (nSPS) is 15.5. The number of ether oxygens (including phenoxy) is 1. The van der Waals surface area contributed by atoms with E-state index in [2.05, 4.69) is 25.3 Å². The van der Waals surface area contributed by atoms with Crippen LogP contribution in [0.15, 0.2) is 24.8 Å². The van der Waals surface area contributed by atoms with Gasteiger partial charge < -0.3 is 0 Å². The molecule has 1 aliphatic heterocycles. The molecule has 0 saturated carbocycles. The first kappa shape index (κ1) is 16.8. The molecule has 2 aromatic heterocycles. The first-order valence-electron chi connectivity index (χ1n) is 7.90. The molecule has 1 N–H and O–H groups in total. The van der Waals surface area contributed by atoms with Gasteiger partial charge in [-0.05, 0) is 0 Å². The zero-order valence-corrected chi connectivity index (χ0v) is 15.1. The van der Waals surface area contributed by atoms with Crippen LogP contribution in [0.25, 0.3) is 0 Å². The molecule has 1 saturated heterocycles. The van der Waals surface area contributed by atoms with Gasteiger partial charge in [0.15, 0.2) is 0 Å². The second-order valence-corrected chi connectivity index (χ2v) is 8.07. The van der Waals surface area contributed by atoms with E-state index in [1.807, 2.05) is 12.1 Å². The van der Waals surface area contributed by atoms with Crippen molar-refractivity contribution in [2.24, 2.45) is 5.92 Å². The summed E-state index contributed by atoms with van der Waals surface area (Å²) < 4.78 is 6.51. The Bertz CT molecular complexity index is 696. The first-order chi connectivity index (χ1) is 11.8. The molecule has 1 aliphatic rings. The summed E-state index contributed by atoms with van der Waals surface area (Å²) in [7, 11) is 0. The van der Waals surface area contributed by atoms with Crippen molar-refractivity contribution in [3.05, 3.63) is 30.5 Å². The fourth-order valence-electron chi connectivity index (χ4n) is 2.48. The third-order valence-electron chi connectivity index (χ3n) is 3.83. The molecule has 3 heterocycles. The van der Waals surface area contributed by atoms with Crippen LogP contribution in [0.5, 0.6) is 0 Å². The summed E-state index contributed by atoms with van der Waals surface area (Å²) >= 11 is 0.0429. The van der Waals surface area contributed by atoms with Crippen molar-refractivity contribution < 1.29 is 4.74 Å². The van der Waals surface area contributed by atoms with Gasteiger partial charge in [-0.1, -0.05) is 0 Å². The van der Waals surface area contributed by atoms with Crippen LogP contribution in [0.3, 0.4) is 0 Å². The Morgan fingerprint density at radius 3 is 2.79 bits per heavy atom. The van der Waals surface area contributed by atoms with Gasteiger partial charge in [0.25, 0.3) is 0 Å². The van der Waals surface area contributed by atoms with E-state index < -0.39 is 0 Å². The summed E-state index contributed by atoms with van der Waals surface area (Å²) in [4.78, 5) is 16.7. The Morgan fingerprint density at radius 1 is 1.17 bits per heavy atom. The van der Waals surface area contributed by atoms with Gasteiger partial charge in [-0.2, -0.15) is 0 Å². The number of aromatic nitrogens is 4. The Kier molecular flexibility index (Phi) is 6.11. The number of nitrogens with zero attached hydrogens (tertiary/aromatic N) is 5. The molecule has 0 bridgehead atoms. The summed E-state index contributed by atoms with van der Waals surface area (Å²) in [5.74, 6) is 2.08. The van der Waals surface area contributed by atoms with Crippen LogP contribution >= 0.6 is 0 Å². The molecule has 7 nitrogen and oxygen atoms in total. The van der Waals surface area contributed by atoms with Crippen LogP contribution in [-0.2, 0) is 4.74 Å². The molecule has 1 radical (unpaired) electrons. The van der Waals surface area contributed by atoms with Crippen LogP contribution in [0.1, 0.15) is 25.0 Å². The summed E-state index contributed by atoms with van der Waals surface area (Å²) in [6.45, 7) is 1.82. The molecule has 1 fully saturated rings. The van der Waals surface area contributed by atoms with E-state index in [1.54, 1.807) is 6.33 Å². The summed E-state index contributed by atoms with van der Waals surface area (Å²) in [6, 6.07) is 3.92. The number of nitrogens with one attached hydrogen (secondary N) is 1. The third-order valence-corrected chi connectivity index (χ3v) is 6.03. The Balaban J connectivity index is 1.52. The van der Waals surface area contributed by atoms with Crippen molar-refractivity contribution in [3.63, 3.8) is 0 Å². The minimum absolute atomic E-state index is 0.0429. The quantitative estimate of drug-likeness (QED) is 0.752. The topological polar surface area (TPSA) is 96.6 Å². The molecule has 123 valence electrons. The van der Waals surface area contributed by atoms with Crippen molar-refractivity contribution in [1.29, 1.82) is 5.26 Å². The van der Waals surface area contributed by atoms with Gasteiger partial charge in [-0.15, -0.1) is 0 Å². The molecule has 0 unspecified atom stereocenters. The van der Waals surface area contributed by atoms with Gasteiger partial charge in [-0.3, -0.25) is 0 Å². The standard InChI is InChI=1S/C16H18AsN6O/c18-8-13-9-20-16(10-19-13)23-15-7-14(21-11-22-15)17-4-1-12-2-5-24-6-3-12/h7,9-12H,1-6H2,(H,20,21,22,23). The number of anilines is 2. The zero-order valence-electron chi connectivity index (χ0n) is 13.2. The van der Waals surface area contributed by atoms with Crippen molar-refractivity contribution in [2.75, 3.05) is 18.5 Å². The predicted octanol–water partition coefficient (Wildman–Crippen LogP) is 1.45. The molecule has 2 aromatic rings. The molecule has 24 heavy (non-hydrogen) atoms. The van der Waals surface area contributed by atoms with Crippen molar-refractivity contribution in [2.45, 2.75) is 24.5 Å². The molecule has 0 aromatic carbocycles. The SMILES string of the molecule is N#Cc1cnc(Nc2cc([As]CCC3CCOCC3)ncn2)cn1. The molecule has 8 heteroatoms. The Labute approximate surface area is 147 Å². The van der Waals surface area contributed by atoms with Crippen LogP contribution in [0, 0.1) is 17.2 Å². The van der Waals surface area contributed by atoms with Crippen LogP contribution in [-0.4, -0.2) is 48.9 Å². The van der Waals surface area contributed by atoms with Gasteiger partial charge >= 0.3 is 147 Å². The summed E-state index contributed by atoms with van der Waals surface area (Å²) in [6.07, 6.45) is 8.18. The molecule has 0 spiro atoms. The van der Waals surface area contributed by atoms with Crippen LogP contribution in [0.2, 0.25) is 5.21 Å². The molecule has 0 amide bonds. The molecule has 3 rings (SSSR count). The summed E-state index contributed by atoms with van der Waals surface area (Å²) in [5.41, 5.74) is 0.294. The average molecular weight is 385 g/mol. The van der Waals surface area contributed by atoms with Crippen molar-refractivity contribution in [3.8, 4) is 6.07 Å². The van der Waals surface area contributed by atoms with Gasteiger partial charge in [0.2, 0.25) is 0 Å². The van der Waals surface area contributed by atoms with Crippen LogP contribution < -0.4 is 9.80 Å². The number of rotatable bonds is 6. The van der Waals surface area contributed by atoms with Crippen LogP contribution in [0.4, 0.5) is 11.6 Å². The zero-order chi connectivity index (χ0) is 16.6. The van der Waals surface area contributed by atoms with E-state index in [9.17, 15) is 0 Å². The molecule has 0 atom stereocenters. The van der Waals surface area contributed by atoms with Gasteiger partial charge in [0, 0.05) is 0 Å². The fourth-order valence-corrected chi connectivity index (χ4v) is 4.73.